The summed E-state index contributed by atoms with van der Waals surface area (Å²) in [5.74, 6) is -1.31. The predicted octanol–water partition coefficient (Wildman–Crippen LogP) is 3.65. The molecule has 28 heavy (non-hydrogen) atoms. The summed E-state index contributed by atoms with van der Waals surface area (Å²) in [4.78, 5) is 35.6. The lowest BCUT2D eigenvalue weighted by Crippen LogP contribution is -2.56. The van der Waals surface area contributed by atoms with Gasteiger partial charge in [-0.15, -0.1) is 0 Å². The Bertz CT molecular complexity index is 750. The lowest BCUT2D eigenvalue weighted by atomic mass is 9.46. The number of cyclic esters (lactones) is 1. The lowest BCUT2D eigenvalue weighted by Gasteiger charge is -2.59. The van der Waals surface area contributed by atoms with Crippen LogP contribution in [-0.2, 0) is 23.9 Å². The minimum atomic E-state index is -0.896. The van der Waals surface area contributed by atoms with Crippen molar-refractivity contribution in [2.45, 2.75) is 65.9 Å². The fourth-order valence-electron chi connectivity index (χ4n) is 5.87. The van der Waals surface area contributed by atoms with E-state index < -0.39 is 11.4 Å². The van der Waals surface area contributed by atoms with Gasteiger partial charge in [-0.3, -0.25) is 4.79 Å². The second kappa shape index (κ2) is 7.37. The maximum atomic E-state index is 12.0. The first-order chi connectivity index (χ1) is 13.1. The zero-order valence-electron chi connectivity index (χ0n) is 17.1. The SMILES string of the molecule is CC(=O)OC1CC2(C)C(C(=O)O)=CCCC2C(C)(CCC2=CCOC2=O)C1C. The highest BCUT2D eigenvalue weighted by Crippen LogP contribution is 2.62. The number of carboxylic acids is 1. The minimum Gasteiger partial charge on any atom is -0.478 e. The molecule has 0 spiro atoms. The molecule has 1 fully saturated rings. The molecule has 1 saturated carbocycles. The fraction of sp³-hybridized carbons (Fsp3) is 0.682. The molecule has 154 valence electrons. The number of carboxylic acid groups (broad SMARTS) is 1. The highest BCUT2D eigenvalue weighted by molar-refractivity contribution is 5.90. The average molecular weight is 390 g/mol. The molecule has 1 heterocycles. The molecule has 3 rings (SSSR count). The van der Waals surface area contributed by atoms with Crippen molar-refractivity contribution in [2.24, 2.45) is 22.7 Å². The Hall–Kier alpha value is -2.11. The van der Waals surface area contributed by atoms with E-state index in [-0.39, 0.29) is 35.3 Å². The summed E-state index contributed by atoms with van der Waals surface area (Å²) in [5, 5.41) is 9.84. The molecule has 0 amide bonds. The molecule has 6 heteroatoms. The maximum Gasteiger partial charge on any atom is 0.334 e. The molecule has 0 radical (unpaired) electrons. The summed E-state index contributed by atoms with van der Waals surface area (Å²) >= 11 is 0. The van der Waals surface area contributed by atoms with Crippen LogP contribution >= 0.6 is 0 Å². The molecule has 6 nitrogen and oxygen atoms in total. The lowest BCUT2D eigenvalue weighted by molar-refractivity contribution is -0.171. The van der Waals surface area contributed by atoms with Crippen LogP contribution < -0.4 is 0 Å². The van der Waals surface area contributed by atoms with Gasteiger partial charge in [0.15, 0.2) is 0 Å². The zero-order chi connectivity index (χ0) is 20.7. The third-order valence-corrected chi connectivity index (χ3v) is 7.49. The minimum absolute atomic E-state index is 0.0562. The van der Waals surface area contributed by atoms with E-state index in [2.05, 4.69) is 13.8 Å². The molecule has 0 aromatic rings. The van der Waals surface area contributed by atoms with E-state index in [0.717, 1.165) is 19.3 Å². The first-order valence-corrected chi connectivity index (χ1v) is 10.1. The molecule has 0 saturated heterocycles. The van der Waals surface area contributed by atoms with Gasteiger partial charge in [-0.05, 0) is 55.4 Å². The van der Waals surface area contributed by atoms with Gasteiger partial charge in [0.25, 0.3) is 0 Å². The molecule has 0 bridgehead atoms. The Labute approximate surface area is 166 Å². The van der Waals surface area contributed by atoms with Crippen molar-refractivity contribution in [3.8, 4) is 0 Å². The summed E-state index contributed by atoms with van der Waals surface area (Å²) in [5.41, 5.74) is 0.273. The third-order valence-electron chi connectivity index (χ3n) is 7.49. The van der Waals surface area contributed by atoms with E-state index >= 15 is 0 Å². The Morgan fingerprint density at radius 2 is 2.04 bits per heavy atom. The number of allylic oxidation sites excluding steroid dienone is 1. The van der Waals surface area contributed by atoms with Gasteiger partial charge >= 0.3 is 17.9 Å². The number of aliphatic carboxylic acids is 1. The molecule has 3 aliphatic rings. The number of rotatable bonds is 5. The summed E-state index contributed by atoms with van der Waals surface area (Å²) in [7, 11) is 0. The van der Waals surface area contributed by atoms with Crippen LogP contribution in [0.1, 0.15) is 59.8 Å². The number of fused-ring (bicyclic) bond motifs is 1. The maximum absolute atomic E-state index is 12.0. The van der Waals surface area contributed by atoms with Crippen molar-refractivity contribution in [2.75, 3.05) is 6.61 Å². The van der Waals surface area contributed by atoms with Gasteiger partial charge in [0.2, 0.25) is 0 Å². The second-order valence-corrected chi connectivity index (χ2v) is 8.94. The van der Waals surface area contributed by atoms with Gasteiger partial charge in [-0.1, -0.05) is 26.8 Å². The van der Waals surface area contributed by atoms with Crippen molar-refractivity contribution in [3.63, 3.8) is 0 Å². The summed E-state index contributed by atoms with van der Waals surface area (Å²) in [6, 6.07) is 0. The molecule has 1 N–H and O–H groups in total. The average Bonchev–Trinajstić information content (AvgIpc) is 3.02. The zero-order valence-corrected chi connectivity index (χ0v) is 17.1. The van der Waals surface area contributed by atoms with E-state index in [9.17, 15) is 19.5 Å². The number of hydrogen-bond donors (Lipinski definition) is 1. The first kappa shape index (κ1) is 20.6. The van der Waals surface area contributed by atoms with Crippen LogP contribution in [0.2, 0.25) is 0 Å². The van der Waals surface area contributed by atoms with Crippen LogP contribution in [0.3, 0.4) is 0 Å². The van der Waals surface area contributed by atoms with Crippen LogP contribution in [0.15, 0.2) is 23.3 Å². The van der Waals surface area contributed by atoms with Crippen LogP contribution in [0.5, 0.6) is 0 Å². The number of carbonyl (C=O) groups excluding carboxylic acids is 2. The Kier molecular flexibility index (Phi) is 5.43. The van der Waals surface area contributed by atoms with Crippen LogP contribution in [0, 0.1) is 22.7 Å². The van der Waals surface area contributed by atoms with E-state index in [1.54, 1.807) is 0 Å². The van der Waals surface area contributed by atoms with Crippen molar-refractivity contribution in [1.29, 1.82) is 0 Å². The molecule has 5 atom stereocenters. The Morgan fingerprint density at radius 3 is 2.61 bits per heavy atom. The molecular weight excluding hydrogens is 360 g/mol. The summed E-state index contributed by atoms with van der Waals surface area (Å²) < 4.78 is 10.7. The van der Waals surface area contributed by atoms with E-state index in [1.165, 1.54) is 6.92 Å². The smallest absolute Gasteiger partial charge is 0.334 e. The Balaban J connectivity index is 1.97. The molecule has 2 aliphatic carbocycles. The van der Waals surface area contributed by atoms with E-state index in [0.29, 0.717) is 30.6 Å². The van der Waals surface area contributed by atoms with Gasteiger partial charge in [-0.25, -0.2) is 9.59 Å². The molecule has 0 aromatic carbocycles. The van der Waals surface area contributed by atoms with E-state index in [4.69, 9.17) is 9.47 Å². The van der Waals surface area contributed by atoms with Gasteiger partial charge in [-0.2, -0.15) is 0 Å². The van der Waals surface area contributed by atoms with Crippen molar-refractivity contribution in [3.05, 3.63) is 23.3 Å². The number of carbonyl (C=O) groups is 3. The van der Waals surface area contributed by atoms with Crippen molar-refractivity contribution < 1.29 is 29.0 Å². The highest BCUT2D eigenvalue weighted by Gasteiger charge is 2.59. The largest absolute Gasteiger partial charge is 0.478 e. The molecular formula is C22H30O6. The van der Waals surface area contributed by atoms with Crippen LogP contribution in [-0.4, -0.2) is 35.7 Å². The molecule has 1 aliphatic heterocycles. The van der Waals surface area contributed by atoms with Crippen molar-refractivity contribution in [1.82, 2.24) is 0 Å². The van der Waals surface area contributed by atoms with Gasteiger partial charge < -0.3 is 14.6 Å². The fourth-order valence-corrected chi connectivity index (χ4v) is 5.87. The second-order valence-electron chi connectivity index (χ2n) is 8.94. The number of ether oxygens (including phenoxy) is 2. The summed E-state index contributed by atoms with van der Waals surface area (Å²) in [6.07, 6.45) is 6.75. The topological polar surface area (TPSA) is 89.9 Å². The Morgan fingerprint density at radius 1 is 1.32 bits per heavy atom. The quantitative estimate of drug-likeness (QED) is 0.721. The van der Waals surface area contributed by atoms with Gasteiger partial charge in [0.05, 0.1) is 0 Å². The molecule has 0 aromatic heterocycles. The van der Waals surface area contributed by atoms with E-state index in [1.807, 2.05) is 19.1 Å². The summed E-state index contributed by atoms with van der Waals surface area (Å²) in [6.45, 7) is 7.98. The monoisotopic (exact) mass is 390 g/mol. The van der Waals surface area contributed by atoms with Crippen molar-refractivity contribution >= 4 is 17.9 Å². The van der Waals surface area contributed by atoms with Crippen LogP contribution in [0.25, 0.3) is 0 Å². The number of hydrogen-bond acceptors (Lipinski definition) is 5. The highest BCUT2D eigenvalue weighted by atomic mass is 16.5. The molecule has 5 unspecified atom stereocenters. The first-order valence-electron chi connectivity index (χ1n) is 10.1. The normalized spacial score (nSPS) is 37.4. The van der Waals surface area contributed by atoms with Gasteiger partial charge in [0.1, 0.15) is 12.7 Å². The predicted molar refractivity (Wildman–Crippen MR) is 102 cm³/mol. The van der Waals surface area contributed by atoms with Gasteiger partial charge in [0, 0.05) is 23.5 Å². The number of esters is 2. The standard InChI is InChI=1S/C22H30O6/c1-13-17(28-14(2)23)12-22(4)16(19(24)25)6-5-7-18(22)21(13,3)10-8-15-9-11-27-20(15)26/h6,9,13,17-18H,5,7-8,10-12H2,1-4H3,(H,24,25). The van der Waals surface area contributed by atoms with Crippen LogP contribution in [0.4, 0.5) is 0 Å². The third kappa shape index (κ3) is 3.38.